The fourth-order valence-corrected chi connectivity index (χ4v) is 2.19. The molecule has 0 aliphatic carbocycles. The van der Waals surface area contributed by atoms with Gasteiger partial charge in [0.15, 0.2) is 11.5 Å². The minimum atomic E-state index is 0.565. The lowest BCUT2D eigenvalue weighted by molar-refractivity contribution is 0.354. The van der Waals surface area contributed by atoms with Crippen molar-refractivity contribution in [3.63, 3.8) is 0 Å². The SMILES string of the molecule is COc1ccc(CNc2ncc3c(cnn3C)n2)cc1OC. The van der Waals surface area contributed by atoms with Crippen molar-refractivity contribution < 1.29 is 9.47 Å². The van der Waals surface area contributed by atoms with Crippen LogP contribution in [0.3, 0.4) is 0 Å². The Balaban J connectivity index is 1.75. The van der Waals surface area contributed by atoms with Crippen LogP contribution in [-0.4, -0.2) is 34.0 Å². The Hall–Kier alpha value is -2.83. The Morgan fingerprint density at radius 1 is 1.14 bits per heavy atom. The fraction of sp³-hybridized carbons (Fsp3) is 0.267. The Morgan fingerprint density at radius 3 is 2.73 bits per heavy atom. The quantitative estimate of drug-likeness (QED) is 0.776. The van der Waals surface area contributed by atoms with E-state index in [0.29, 0.717) is 24.0 Å². The lowest BCUT2D eigenvalue weighted by Gasteiger charge is -2.10. The lowest BCUT2D eigenvalue weighted by atomic mass is 10.2. The van der Waals surface area contributed by atoms with Crippen molar-refractivity contribution in [1.29, 1.82) is 0 Å². The minimum Gasteiger partial charge on any atom is -0.493 e. The molecule has 0 spiro atoms. The molecule has 0 amide bonds. The molecule has 1 N–H and O–H groups in total. The van der Waals surface area contributed by atoms with Gasteiger partial charge in [0, 0.05) is 13.6 Å². The number of fused-ring (bicyclic) bond motifs is 1. The second-order valence-electron chi connectivity index (χ2n) is 4.78. The van der Waals surface area contributed by atoms with E-state index in [1.54, 1.807) is 31.3 Å². The van der Waals surface area contributed by atoms with Crippen LogP contribution in [0.1, 0.15) is 5.56 Å². The van der Waals surface area contributed by atoms with E-state index in [9.17, 15) is 0 Å². The number of ether oxygens (including phenoxy) is 2. The van der Waals surface area contributed by atoms with Crippen LogP contribution in [0, 0.1) is 0 Å². The van der Waals surface area contributed by atoms with Crippen LogP contribution in [0.25, 0.3) is 11.0 Å². The van der Waals surface area contributed by atoms with Gasteiger partial charge >= 0.3 is 0 Å². The Morgan fingerprint density at radius 2 is 1.95 bits per heavy atom. The summed E-state index contributed by atoms with van der Waals surface area (Å²) >= 11 is 0. The molecule has 0 aliphatic rings. The molecule has 0 radical (unpaired) electrons. The van der Waals surface area contributed by atoms with Crippen molar-refractivity contribution in [3.8, 4) is 11.5 Å². The number of nitrogens with one attached hydrogen (secondary N) is 1. The zero-order valence-corrected chi connectivity index (χ0v) is 12.7. The van der Waals surface area contributed by atoms with Gasteiger partial charge in [0.25, 0.3) is 0 Å². The summed E-state index contributed by atoms with van der Waals surface area (Å²) in [6.07, 6.45) is 3.48. The summed E-state index contributed by atoms with van der Waals surface area (Å²) in [4.78, 5) is 8.72. The first-order valence-electron chi connectivity index (χ1n) is 6.81. The molecule has 7 nitrogen and oxygen atoms in total. The molecule has 0 fully saturated rings. The molecular weight excluding hydrogens is 282 g/mol. The molecule has 0 atom stereocenters. The fourth-order valence-electron chi connectivity index (χ4n) is 2.19. The van der Waals surface area contributed by atoms with Gasteiger partial charge in [-0.15, -0.1) is 0 Å². The Labute approximate surface area is 127 Å². The van der Waals surface area contributed by atoms with Crippen LogP contribution >= 0.6 is 0 Å². The number of nitrogens with zero attached hydrogens (tertiary/aromatic N) is 4. The number of rotatable bonds is 5. The molecule has 0 bridgehead atoms. The Bertz CT molecular complexity index is 800. The van der Waals surface area contributed by atoms with Crippen LogP contribution in [0.15, 0.2) is 30.6 Å². The number of hydrogen-bond donors (Lipinski definition) is 1. The van der Waals surface area contributed by atoms with E-state index in [1.807, 2.05) is 25.2 Å². The highest BCUT2D eigenvalue weighted by Gasteiger charge is 2.06. The summed E-state index contributed by atoms with van der Waals surface area (Å²) in [5.41, 5.74) is 2.76. The number of aryl methyl sites for hydroxylation is 1. The zero-order chi connectivity index (χ0) is 15.5. The van der Waals surface area contributed by atoms with Crippen molar-refractivity contribution in [2.75, 3.05) is 19.5 Å². The third-order valence-electron chi connectivity index (χ3n) is 3.40. The second kappa shape index (κ2) is 5.88. The number of aromatic nitrogens is 4. The van der Waals surface area contributed by atoms with Crippen LogP contribution in [0.2, 0.25) is 0 Å². The average Bonchev–Trinajstić information content (AvgIpc) is 2.93. The number of methoxy groups -OCH3 is 2. The number of anilines is 1. The molecule has 3 rings (SSSR count). The van der Waals surface area contributed by atoms with E-state index < -0.39 is 0 Å². The number of hydrogen-bond acceptors (Lipinski definition) is 6. The van der Waals surface area contributed by atoms with E-state index in [1.165, 1.54) is 0 Å². The normalized spacial score (nSPS) is 10.7. The highest BCUT2D eigenvalue weighted by atomic mass is 16.5. The van der Waals surface area contributed by atoms with Crippen LogP contribution in [0.5, 0.6) is 11.5 Å². The van der Waals surface area contributed by atoms with Crippen molar-refractivity contribution in [3.05, 3.63) is 36.2 Å². The van der Waals surface area contributed by atoms with Gasteiger partial charge in [-0.3, -0.25) is 4.68 Å². The summed E-state index contributed by atoms with van der Waals surface area (Å²) in [7, 11) is 5.10. The molecule has 2 heterocycles. The molecule has 3 aromatic rings. The largest absolute Gasteiger partial charge is 0.493 e. The van der Waals surface area contributed by atoms with E-state index in [-0.39, 0.29) is 0 Å². The third-order valence-corrected chi connectivity index (χ3v) is 3.40. The van der Waals surface area contributed by atoms with Crippen molar-refractivity contribution in [2.24, 2.45) is 7.05 Å². The predicted molar refractivity (Wildman–Crippen MR) is 83.2 cm³/mol. The average molecular weight is 299 g/mol. The van der Waals surface area contributed by atoms with Gasteiger partial charge in [-0.25, -0.2) is 9.97 Å². The molecule has 7 heteroatoms. The molecule has 0 aliphatic heterocycles. The second-order valence-corrected chi connectivity index (χ2v) is 4.78. The smallest absolute Gasteiger partial charge is 0.223 e. The maximum Gasteiger partial charge on any atom is 0.223 e. The first-order chi connectivity index (χ1) is 10.7. The van der Waals surface area contributed by atoms with Gasteiger partial charge in [-0.2, -0.15) is 5.10 Å². The molecule has 114 valence electrons. The molecule has 0 saturated heterocycles. The molecule has 0 saturated carbocycles. The van der Waals surface area contributed by atoms with Gasteiger partial charge in [-0.1, -0.05) is 6.07 Å². The summed E-state index contributed by atoms with van der Waals surface area (Å²) in [5.74, 6) is 1.97. The Kier molecular flexibility index (Phi) is 3.78. The molecule has 1 aromatic carbocycles. The van der Waals surface area contributed by atoms with E-state index in [4.69, 9.17) is 9.47 Å². The summed E-state index contributed by atoms with van der Waals surface area (Å²) < 4.78 is 12.3. The van der Waals surface area contributed by atoms with Gasteiger partial charge < -0.3 is 14.8 Å². The maximum atomic E-state index is 5.29. The van der Waals surface area contributed by atoms with Gasteiger partial charge in [-0.05, 0) is 17.7 Å². The first kappa shape index (κ1) is 14.1. The molecule has 2 aromatic heterocycles. The highest BCUT2D eigenvalue weighted by molar-refractivity contribution is 5.74. The van der Waals surface area contributed by atoms with Gasteiger partial charge in [0.05, 0.1) is 26.6 Å². The van der Waals surface area contributed by atoms with Gasteiger partial charge in [0.1, 0.15) is 11.0 Å². The molecule has 22 heavy (non-hydrogen) atoms. The maximum absolute atomic E-state index is 5.29. The van der Waals surface area contributed by atoms with Crippen LogP contribution < -0.4 is 14.8 Å². The summed E-state index contributed by atoms with van der Waals surface area (Å²) in [6, 6.07) is 5.77. The topological polar surface area (TPSA) is 74.1 Å². The lowest BCUT2D eigenvalue weighted by Crippen LogP contribution is -2.04. The van der Waals surface area contributed by atoms with Crippen molar-refractivity contribution in [1.82, 2.24) is 19.7 Å². The summed E-state index contributed by atoms with van der Waals surface area (Å²) in [6.45, 7) is 0.589. The minimum absolute atomic E-state index is 0.565. The van der Waals surface area contributed by atoms with E-state index >= 15 is 0 Å². The van der Waals surface area contributed by atoms with Gasteiger partial charge in [0.2, 0.25) is 5.95 Å². The van der Waals surface area contributed by atoms with Crippen LogP contribution in [-0.2, 0) is 13.6 Å². The van der Waals surface area contributed by atoms with Crippen molar-refractivity contribution >= 4 is 17.0 Å². The zero-order valence-electron chi connectivity index (χ0n) is 12.7. The third kappa shape index (κ3) is 2.65. The van der Waals surface area contributed by atoms with E-state index in [0.717, 1.165) is 16.6 Å². The van der Waals surface area contributed by atoms with Crippen LogP contribution in [0.4, 0.5) is 5.95 Å². The van der Waals surface area contributed by atoms with Crippen molar-refractivity contribution in [2.45, 2.75) is 6.54 Å². The summed E-state index contributed by atoms with van der Waals surface area (Å²) in [5, 5.41) is 7.35. The van der Waals surface area contributed by atoms with E-state index in [2.05, 4.69) is 20.4 Å². The monoisotopic (exact) mass is 299 g/mol. The molecule has 0 unspecified atom stereocenters. The molecular formula is C15H17N5O2. The first-order valence-corrected chi connectivity index (χ1v) is 6.81. The predicted octanol–water partition coefficient (Wildman–Crippen LogP) is 1.99. The standard InChI is InChI=1S/C15H17N5O2/c1-20-12-9-17-15(19-11(12)8-18-20)16-7-10-4-5-13(21-2)14(6-10)22-3/h4-6,8-9H,7H2,1-3H3,(H,16,17,19). The highest BCUT2D eigenvalue weighted by Crippen LogP contribution is 2.27. The number of benzene rings is 1.